The third-order valence-electron chi connectivity index (χ3n) is 6.91. The number of hydrogen-bond donors (Lipinski definition) is 4. The van der Waals surface area contributed by atoms with E-state index >= 15 is 0 Å². The molecule has 7 N–H and O–H groups in total. The normalized spacial score (nSPS) is 14.8. The number of hydrogen-bond acceptors (Lipinski definition) is 6. The maximum atomic E-state index is 13.6. The number of rotatable bonds is 6. The summed E-state index contributed by atoms with van der Waals surface area (Å²) in [5, 5.41) is 15.1. The van der Waals surface area contributed by atoms with Crippen molar-refractivity contribution in [1.29, 1.82) is 0 Å². The fraction of sp³-hybridized carbons (Fsp3) is 0.192. The molecule has 0 aliphatic heterocycles. The minimum atomic E-state index is -1.01. The van der Waals surface area contributed by atoms with Crippen molar-refractivity contribution < 1.29 is 14.0 Å². The van der Waals surface area contributed by atoms with Gasteiger partial charge in [-0.15, -0.1) is 10.2 Å². The van der Waals surface area contributed by atoms with Crippen LogP contribution in [0.3, 0.4) is 0 Å². The molecule has 1 atom stereocenters. The average Bonchev–Trinajstić information content (AvgIpc) is 3.37. The third-order valence-corrected chi connectivity index (χ3v) is 6.91. The molecule has 0 bridgehead atoms. The molecule has 182 valence electrons. The Morgan fingerprint density at radius 2 is 1.47 bits per heavy atom. The number of aromatic nitrogens is 4. The highest BCUT2D eigenvalue weighted by atomic mass is 19.1. The maximum absolute atomic E-state index is 13.6. The lowest BCUT2D eigenvalue weighted by Crippen LogP contribution is -2.36. The zero-order chi connectivity index (χ0) is 25.4. The van der Waals surface area contributed by atoms with Crippen molar-refractivity contribution in [3.05, 3.63) is 111 Å². The Morgan fingerprint density at radius 3 is 1.94 bits per heavy atom. The minimum absolute atomic E-state index is 0.296. The molecule has 0 fully saturated rings. The number of benzene rings is 3. The van der Waals surface area contributed by atoms with Crippen LogP contribution >= 0.6 is 0 Å². The first-order chi connectivity index (χ1) is 17.3. The summed E-state index contributed by atoms with van der Waals surface area (Å²) in [6, 6.07) is 16.1. The van der Waals surface area contributed by atoms with E-state index < -0.39 is 23.3 Å². The Labute approximate surface area is 205 Å². The highest BCUT2D eigenvalue weighted by Crippen LogP contribution is 2.48. The molecule has 0 saturated heterocycles. The van der Waals surface area contributed by atoms with Crippen LogP contribution in [0.15, 0.2) is 60.7 Å². The van der Waals surface area contributed by atoms with E-state index in [0.717, 1.165) is 27.8 Å². The average molecular weight is 486 g/mol. The number of nitrogens with one attached hydrogen (secondary N) is 1. The van der Waals surface area contributed by atoms with Crippen molar-refractivity contribution >= 4 is 11.8 Å². The van der Waals surface area contributed by atoms with Crippen LogP contribution in [0.25, 0.3) is 0 Å². The number of aryl methyl sites for hydroxylation is 2. The molecule has 0 saturated carbocycles. The predicted molar refractivity (Wildman–Crippen MR) is 129 cm³/mol. The number of carbonyl (C=O) groups excluding carboxylic acids is 2. The van der Waals surface area contributed by atoms with E-state index in [1.165, 1.54) is 12.1 Å². The monoisotopic (exact) mass is 485 g/mol. The summed E-state index contributed by atoms with van der Waals surface area (Å²) >= 11 is 0. The van der Waals surface area contributed by atoms with E-state index in [0.29, 0.717) is 36.2 Å². The Kier molecular flexibility index (Phi) is 5.81. The van der Waals surface area contributed by atoms with E-state index in [1.54, 1.807) is 36.4 Å². The molecule has 36 heavy (non-hydrogen) atoms. The molecule has 0 unspecified atom stereocenters. The van der Waals surface area contributed by atoms with Crippen molar-refractivity contribution in [1.82, 2.24) is 20.6 Å². The van der Waals surface area contributed by atoms with Crippen LogP contribution in [0.5, 0.6) is 0 Å². The molecule has 1 aliphatic rings. The molecule has 3 aromatic carbocycles. The van der Waals surface area contributed by atoms with Gasteiger partial charge in [0.1, 0.15) is 5.82 Å². The number of aromatic amines is 1. The molecular weight excluding hydrogens is 461 g/mol. The number of carbonyl (C=O) groups is 2. The van der Waals surface area contributed by atoms with Crippen molar-refractivity contribution in [3.8, 4) is 0 Å². The highest BCUT2D eigenvalue weighted by Gasteiger charge is 2.46. The molecule has 0 spiro atoms. The topological polar surface area (TPSA) is 167 Å². The van der Waals surface area contributed by atoms with Crippen molar-refractivity contribution in [2.45, 2.75) is 30.7 Å². The molecule has 1 heterocycles. The summed E-state index contributed by atoms with van der Waals surface area (Å²) in [6.07, 6.45) is 1.43. The zero-order valence-corrected chi connectivity index (χ0v) is 19.2. The zero-order valence-electron chi connectivity index (χ0n) is 19.2. The largest absolute Gasteiger partial charge is 0.366 e. The van der Waals surface area contributed by atoms with E-state index in [2.05, 4.69) is 20.6 Å². The number of amides is 2. The van der Waals surface area contributed by atoms with Crippen LogP contribution in [-0.2, 0) is 18.3 Å². The number of fused-ring (bicyclic) bond motifs is 2. The molecule has 0 radical (unpaired) electrons. The fourth-order valence-corrected chi connectivity index (χ4v) is 5.21. The predicted octanol–water partition coefficient (Wildman–Crippen LogP) is 2.06. The standard InChI is InChI=1S/C26H24FN7O2/c27-19-7-3-14(4-8-19)22(28)13-26(25-31-33-34-32-25)20-9-5-17(23(29)35)11-15(20)1-2-16-12-18(24(30)36)6-10-21(16)26/h3-12,22H,1-2,13,28H2,(H2,29,35)(H2,30,36)(H,31,32,33,34)/t22-/m0/s1. The Balaban J connectivity index is 1.79. The van der Waals surface area contributed by atoms with Crippen LogP contribution in [0.2, 0.25) is 0 Å². The summed E-state index contributed by atoms with van der Waals surface area (Å²) in [4.78, 5) is 23.9. The number of nitrogens with zero attached hydrogens (tertiary/aromatic N) is 3. The summed E-state index contributed by atoms with van der Waals surface area (Å²) in [7, 11) is 0. The van der Waals surface area contributed by atoms with Gasteiger partial charge in [0, 0.05) is 17.2 Å². The van der Waals surface area contributed by atoms with Gasteiger partial charge in [0.25, 0.3) is 0 Å². The van der Waals surface area contributed by atoms with E-state index in [4.69, 9.17) is 17.2 Å². The summed E-state index contributed by atoms with van der Waals surface area (Å²) in [5.41, 5.74) is 21.8. The molecule has 1 aromatic heterocycles. The van der Waals surface area contributed by atoms with Crippen LogP contribution in [-0.4, -0.2) is 32.4 Å². The number of H-pyrrole nitrogens is 1. The van der Waals surface area contributed by atoms with Crippen molar-refractivity contribution in [3.63, 3.8) is 0 Å². The summed E-state index contributed by atoms with van der Waals surface area (Å²) in [5.74, 6) is -1.06. The Morgan fingerprint density at radius 1 is 0.917 bits per heavy atom. The van der Waals surface area contributed by atoms with Crippen molar-refractivity contribution in [2.75, 3.05) is 0 Å². The van der Waals surface area contributed by atoms with Crippen LogP contribution in [0.4, 0.5) is 4.39 Å². The number of halogens is 1. The van der Waals surface area contributed by atoms with E-state index in [1.807, 2.05) is 12.1 Å². The first kappa shape index (κ1) is 23.3. The smallest absolute Gasteiger partial charge is 0.248 e. The number of primary amides is 2. The van der Waals surface area contributed by atoms with E-state index in [9.17, 15) is 14.0 Å². The lowest BCUT2D eigenvalue weighted by atomic mass is 9.67. The second kappa shape index (κ2) is 8.97. The van der Waals surface area contributed by atoms with Crippen molar-refractivity contribution in [2.24, 2.45) is 17.2 Å². The highest BCUT2D eigenvalue weighted by molar-refractivity contribution is 5.94. The van der Waals surface area contributed by atoms with Gasteiger partial charge in [-0.2, -0.15) is 5.21 Å². The van der Waals surface area contributed by atoms with Gasteiger partial charge >= 0.3 is 0 Å². The SMILES string of the molecule is NC(=O)c1ccc2c(c1)CCc1cc(C(N)=O)ccc1C2(C[C@H](N)c1ccc(F)cc1)c1nn[nH]n1. The van der Waals surface area contributed by atoms with Gasteiger partial charge in [-0.3, -0.25) is 9.59 Å². The fourth-order valence-electron chi connectivity index (χ4n) is 5.21. The molecule has 9 nitrogen and oxygen atoms in total. The van der Waals surface area contributed by atoms with Gasteiger partial charge in [0.2, 0.25) is 11.8 Å². The third kappa shape index (κ3) is 3.91. The quantitative estimate of drug-likeness (QED) is 0.326. The first-order valence-corrected chi connectivity index (χ1v) is 11.4. The van der Waals surface area contributed by atoms with Gasteiger partial charge in [-0.05, 0) is 83.5 Å². The number of tetrazole rings is 1. The first-order valence-electron chi connectivity index (χ1n) is 11.4. The van der Waals surface area contributed by atoms with Gasteiger partial charge < -0.3 is 17.2 Å². The summed E-state index contributed by atoms with van der Waals surface area (Å²) < 4.78 is 13.6. The lowest BCUT2D eigenvalue weighted by Gasteiger charge is -2.36. The summed E-state index contributed by atoms with van der Waals surface area (Å²) in [6.45, 7) is 0. The molecule has 2 amide bonds. The molecule has 10 heteroatoms. The molecular formula is C26H24FN7O2. The van der Waals surface area contributed by atoms with Gasteiger partial charge in [-0.1, -0.05) is 29.5 Å². The maximum Gasteiger partial charge on any atom is 0.248 e. The van der Waals surface area contributed by atoms with Crippen LogP contribution in [0.1, 0.15) is 66.8 Å². The van der Waals surface area contributed by atoms with Gasteiger partial charge in [0.15, 0.2) is 5.82 Å². The minimum Gasteiger partial charge on any atom is -0.366 e. The van der Waals surface area contributed by atoms with Gasteiger partial charge in [0.05, 0.1) is 5.41 Å². The van der Waals surface area contributed by atoms with E-state index in [-0.39, 0.29) is 5.82 Å². The van der Waals surface area contributed by atoms with Crippen LogP contribution in [0, 0.1) is 5.82 Å². The second-order valence-electron chi connectivity index (χ2n) is 8.98. The molecule has 4 aromatic rings. The Hall–Kier alpha value is -4.44. The lowest BCUT2D eigenvalue weighted by molar-refractivity contribution is 0.0991. The van der Waals surface area contributed by atoms with Gasteiger partial charge in [-0.25, -0.2) is 4.39 Å². The molecule has 1 aliphatic carbocycles. The van der Waals surface area contributed by atoms with Crippen LogP contribution < -0.4 is 17.2 Å². The Bertz CT molecular complexity index is 1390. The second-order valence-corrected chi connectivity index (χ2v) is 8.98. The number of nitrogens with two attached hydrogens (primary N) is 3. The molecule has 5 rings (SSSR count).